The second-order valence-corrected chi connectivity index (χ2v) is 8.26. The molecule has 3 rings (SSSR count). The van der Waals surface area contributed by atoms with Crippen LogP contribution in [0.15, 0.2) is 48.5 Å². The van der Waals surface area contributed by atoms with E-state index >= 15 is 0 Å². The van der Waals surface area contributed by atoms with E-state index in [1.165, 1.54) is 12.8 Å². The Labute approximate surface area is 184 Å². The minimum atomic E-state index is -0.275. The molecule has 166 valence electrons. The summed E-state index contributed by atoms with van der Waals surface area (Å²) in [5.74, 6) is 1.55. The molecule has 0 bridgehead atoms. The van der Waals surface area contributed by atoms with Crippen LogP contribution in [-0.4, -0.2) is 31.0 Å². The second-order valence-electron chi connectivity index (χ2n) is 8.26. The number of para-hydroxylation sites is 1. The lowest BCUT2D eigenvalue weighted by Gasteiger charge is -2.34. The summed E-state index contributed by atoms with van der Waals surface area (Å²) in [6, 6.07) is 14.6. The molecule has 0 radical (unpaired) electrons. The Bertz CT molecular complexity index is 882. The summed E-state index contributed by atoms with van der Waals surface area (Å²) in [5, 5.41) is 9.16. The fraction of sp³-hybridized carbons (Fsp3) is 0.440. The number of amides is 2. The fourth-order valence-electron chi connectivity index (χ4n) is 4.08. The number of nitrogens with one attached hydrogen (secondary N) is 3. The monoisotopic (exact) mass is 423 g/mol. The van der Waals surface area contributed by atoms with Crippen LogP contribution in [0.25, 0.3) is 0 Å². The number of benzene rings is 2. The Balaban J connectivity index is 1.59. The summed E-state index contributed by atoms with van der Waals surface area (Å²) in [6.07, 6.45) is 3.54. The van der Waals surface area contributed by atoms with Crippen molar-refractivity contribution < 1.29 is 14.3 Å². The van der Waals surface area contributed by atoms with Crippen LogP contribution in [0.3, 0.4) is 0 Å². The Morgan fingerprint density at radius 3 is 2.48 bits per heavy atom. The van der Waals surface area contributed by atoms with Crippen molar-refractivity contribution in [1.82, 2.24) is 5.32 Å². The predicted molar refractivity (Wildman–Crippen MR) is 125 cm³/mol. The number of carbonyl (C=O) groups is 2. The minimum Gasteiger partial charge on any atom is -0.494 e. The van der Waals surface area contributed by atoms with E-state index in [1.807, 2.05) is 25.1 Å². The molecule has 0 saturated heterocycles. The van der Waals surface area contributed by atoms with Crippen LogP contribution in [-0.2, 0) is 4.79 Å². The van der Waals surface area contributed by atoms with E-state index in [0.29, 0.717) is 41.4 Å². The average Bonchev–Trinajstić information content (AvgIpc) is 2.76. The Morgan fingerprint density at radius 1 is 1.00 bits per heavy atom. The number of anilines is 2. The lowest BCUT2D eigenvalue weighted by Crippen LogP contribution is -2.43. The van der Waals surface area contributed by atoms with Gasteiger partial charge in [-0.15, -0.1) is 0 Å². The molecule has 0 spiro atoms. The largest absolute Gasteiger partial charge is 0.494 e. The van der Waals surface area contributed by atoms with Crippen molar-refractivity contribution in [2.75, 3.05) is 23.8 Å². The van der Waals surface area contributed by atoms with Crippen molar-refractivity contribution >= 4 is 23.2 Å². The van der Waals surface area contributed by atoms with Gasteiger partial charge in [0.25, 0.3) is 5.91 Å². The summed E-state index contributed by atoms with van der Waals surface area (Å²) in [5.41, 5.74) is 1.59. The summed E-state index contributed by atoms with van der Waals surface area (Å²) in [7, 11) is 0. The molecule has 2 amide bonds. The molecule has 0 aliphatic heterocycles. The SMILES string of the molecule is CCOc1ccc(NC(=O)c2ccccc2NC(=O)CN[C@@H]2CCC[C@@H](C)[C@@H]2C)cc1. The van der Waals surface area contributed by atoms with Crippen LogP contribution in [0.5, 0.6) is 5.75 Å². The van der Waals surface area contributed by atoms with Gasteiger partial charge in [-0.3, -0.25) is 9.59 Å². The quantitative estimate of drug-likeness (QED) is 0.575. The highest BCUT2D eigenvalue weighted by Gasteiger charge is 2.27. The zero-order valence-electron chi connectivity index (χ0n) is 18.6. The third-order valence-corrected chi connectivity index (χ3v) is 6.10. The van der Waals surface area contributed by atoms with Crippen LogP contribution in [0.1, 0.15) is 50.4 Å². The highest BCUT2D eigenvalue weighted by molar-refractivity contribution is 6.10. The number of ether oxygens (including phenoxy) is 1. The van der Waals surface area contributed by atoms with Crippen LogP contribution < -0.4 is 20.7 Å². The predicted octanol–water partition coefficient (Wildman–Crippen LogP) is 4.69. The summed E-state index contributed by atoms with van der Waals surface area (Å²) < 4.78 is 5.43. The smallest absolute Gasteiger partial charge is 0.257 e. The first-order chi connectivity index (χ1) is 15.0. The third kappa shape index (κ3) is 6.31. The van der Waals surface area contributed by atoms with Gasteiger partial charge in [-0.1, -0.05) is 38.8 Å². The van der Waals surface area contributed by atoms with E-state index < -0.39 is 0 Å². The van der Waals surface area contributed by atoms with E-state index in [9.17, 15) is 9.59 Å². The summed E-state index contributed by atoms with van der Waals surface area (Å²) >= 11 is 0. The first-order valence-electron chi connectivity index (χ1n) is 11.1. The van der Waals surface area contributed by atoms with E-state index in [1.54, 1.807) is 30.3 Å². The summed E-state index contributed by atoms with van der Waals surface area (Å²) in [6.45, 7) is 7.27. The van der Waals surface area contributed by atoms with Crippen molar-refractivity contribution in [2.24, 2.45) is 11.8 Å². The Hall–Kier alpha value is -2.86. The molecular formula is C25H33N3O3. The molecule has 1 aliphatic carbocycles. The van der Waals surface area contributed by atoms with Crippen molar-refractivity contribution in [3.8, 4) is 5.75 Å². The molecule has 0 unspecified atom stereocenters. The van der Waals surface area contributed by atoms with Gasteiger partial charge in [0, 0.05) is 11.7 Å². The topological polar surface area (TPSA) is 79.5 Å². The van der Waals surface area contributed by atoms with Gasteiger partial charge in [0.15, 0.2) is 0 Å². The van der Waals surface area contributed by atoms with Crippen molar-refractivity contribution in [1.29, 1.82) is 0 Å². The van der Waals surface area contributed by atoms with E-state index in [4.69, 9.17) is 4.74 Å². The molecule has 3 N–H and O–H groups in total. The average molecular weight is 424 g/mol. The van der Waals surface area contributed by atoms with E-state index in [2.05, 4.69) is 29.8 Å². The Kier molecular flexibility index (Phi) is 8.06. The zero-order valence-corrected chi connectivity index (χ0v) is 18.6. The van der Waals surface area contributed by atoms with E-state index in [0.717, 1.165) is 12.2 Å². The lowest BCUT2D eigenvalue weighted by molar-refractivity contribution is -0.115. The highest BCUT2D eigenvalue weighted by Crippen LogP contribution is 2.29. The molecule has 1 aliphatic rings. The van der Waals surface area contributed by atoms with Gasteiger partial charge in [0.1, 0.15) is 5.75 Å². The first kappa shape index (κ1) is 22.8. The Morgan fingerprint density at radius 2 is 1.74 bits per heavy atom. The van der Waals surface area contributed by atoms with Gasteiger partial charge in [-0.2, -0.15) is 0 Å². The van der Waals surface area contributed by atoms with Gasteiger partial charge < -0.3 is 20.7 Å². The highest BCUT2D eigenvalue weighted by atomic mass is 16.5. The maximum Gasteiger partial charge on any atom is 0.257 e. The molecular weight excluding hydrogens is 390 g/mol. The normalized spacial score (nSPS) is 20.7. The van der Waals surface area contributed by atoms with Crippen molar-refractivity contribution in [2.45, 2.75) is 46.1 Å². The number of carbonyl (C=O) groups excluding carboxylic acids is 2. The lowest BCUT2D eigenvalue weighted by atomic mass is 9.78. The molecule has 1 saturated carbocycles. The van der Waals surface area contributed by atoms with Crippen molar-refractivity contribution in [3.05, 3.63) is 54.1 Å². The molecule has 1 fully saturated rings. The number of hydrogen-bond donors (Lipinski definition) is 3. The second kappa shape index (κ2) is 11.0. The van der Waals surface area contributed by atoms with Crippen LogP contribution >= 0.6 is 0 Å². The standard InChI is InChI=1S/C25H33N3O3/c1-4-31-20-14-12-19(13-15-20)27-25(30)21-9-5-6-10-23(21)28-24(29)16-26-22-11-7-8-17(2)18(22)3/h5-6,9-10,12-15,17-18,22,26H,4,7-8,11,16H2,1-3H3,(H,27,30)(H,28,29)/t17-,18+,22-/m1/s1. The van der Waals surface area contributed by atoms with E-state index in [-0.39, 0.29) is 18.4 Å². The fourth-order valence-corrected chi connectivity index (χ4v) is 4.08. The first-order valence-corrected chi connectivity index (χ1v) is 11.1. The minimum absolute atomic E-state index is 0.147. The third-order valence-electron chi connectivity index (χ3n) is 6.10. The molecule has 0 aromatic heterocycles. The maximum atomic E-state index is 12.8. The van der Waals surface area contributed by atoms with Gasteiger partial charge >= 0.3 is 0 Å². The van der Waals surface area contributed by atoms with Crippen LogP contribution in [0, 0.1) is 11.8 Å². The number of hydrogen-bond acceptors (Lipinski definition) is 4. The molecule has 31 heavy (non-hydrogen) atoms. The maximum absolute atomic E-state index is 12.8. The molecule has 2 aromatic carbocycles. The molecule has 2 aromatic rings. The van der Waals surface area contributed by atoms with Crippen molar-refractivity contribution in [3.63, 3.8) is 0 Å². The molecule has 6 heteroatoms. The molecule has 0 heterocycles. The van der Waals surface area contributed by atoms with Gasteiger partial charge in [0.05, 0.1) is 24.4 Å². The van der Waals surface area contributed by atoms with Crippen LogP contribution in [0.4, 0.5) is 11.4 Å². The molecule has 3 atom stereocenters. The summed E-state index contributed by atoms with van der Waals surface area (Å²) in [4.78, 5) is 25.4. The van der Waals surface area contributed by atoms with Gasteiger partial charge in [-0.25, -0.2) is 0 Å². The molecule has 6 nitrogen and oxygen atoms in total. The van der Waals surface area contributed by atoms with Crippen LogP contribution in [0.2, 0.25) is 0 Å². The number of rotatable bonds is 8. The van der Waals surface area contributed by atoms with Gasteiger partial charge in [-0.05, 0) is 61.6 Å². The zero-order chi connectivity index (χ0) is 22.2. The van der Waals surface area contributed by atoms with Gasteiger partial charge in [0.2, 0.25) is 5.91 Å².